The third-order valence-corrected chi connectivity index (χ3v) is 4.70. The molecule has 25 heavy (non-hydrogen) atoms. The van der Waals surface area contributed by atoms with Crippen molar-refractivity contribution in [3.05, 3.63) is 58.4 Å². The van der Waals surface area contributed by atoms with Crippen LogP contribution in [0.25, 0.3) is 0 Å². The Morgan fingerprint density at radius 1 is 1.16 bits per heavy atom. The van der Waals surface area contributed by atoms with Crippen molar-refractivity contribution >= 4 is 11.7 Å². The standard InChI is InChI=1S/C18H19FN4O2/c19-13-3-1-12(2-4-13)11-22-9-7-15(17(22)24)21-16-18(25)23(10-8-20-16)14-5-6-14/h1-4,8,10,14-15H,5-7,9,11H2,(H,20,21). The maximum absolute atomic E-state index is 13.0. The Balaban J connectivity index is 1.44. The number of anilines is 1. The van der Waals surface area contributed by atoms with E-state index in [1.807, 2.05) is 0 Å². The van der Waals surface area contributed by atoms with Crippen LogP contribution in [0.3, 0.4) is 0 Å². The van der Waals surface area contributed by atoms with Gasteiger partial charge in [-0.2, -0.15) is 0 Å². The minimum Gasteiger partial charge on any atom is -0.354 e. The minimum absolute atomic E-state index is 0.0626. The van der Waals surface area contributed by atoms with Crippen molar-refractivity contribution in [1.29, 1.82) is 0 Å². The molecule has 2 aromatic rings. The van der Waals surface area contributed by atoms with Crippen LogP contribution in [0, 0.1) is 5.82 Å². The Hall–Kier alpha value is -2.70. The van der Waals surface area contributed by atoms with Gasteiger partial charge in [-0.1, -0.05) is 12.1 Å². The molecule has 1 unspecified atom stereocenters. The number of amides is 1. The van der Waals surface area contributed by atoms with E-state index in [0.29, 0.717) is 19.5 Å². The van der Waals surface area contributed by atoms with Crippen LogP contribution < -0.4 is 10.9 Å². The number of likely N-dealkylation sites (tertiary alicyclic amines) is 1. The minimum atomic E-state index is -0.448. The second-order valence-electron chi connectivity index (χ2n) is 6.59. The van der Waals surface area contributed by atoms with Crippen molar-refractivity contribution in [3.8, 4) is 0 Å². The fourth-order valence-corrected chi connectivity index (χ4v) is 3.17. The highest BCUT2D eigenvalue weighted by Gasteiger charge is 2.33. The average Bonchev–Trinajstić information content (AvgIpc) is 3.39. The lowest BCUT2D eigenvalue weighted by Gasteiger charge is -2.17. The van der Waals surface area contributed by atoms with Crippen LogP contribution in [0.15, 0.2) is 41.5 Å². The van der Waals surface area contributed by atoms with Crippen LogP contribution in [-0.2, 0) is 11.3 Å². The second kappa shape index (κ2) is 6.31. The van der Waals surface area contributed by atoms with Gasteiger partial charge >= 0.3 is 0 Å². The first-order valence-corrected chi connectivity index (χ1v) is 8.49. The number of benzene rings is 1. The van der Waals surface area contributed by atoms with Gasteiger partial charge in [-0.3, -0.25) is 9.59 Å². The first-order chi connectivity index (χ1) is 12.1. The molecule has 0 bridgehead atoms. The Kier molecular flexibility index (Phi) is 3.99. The number of rotatable bonds is 5. The monoisotopic (exact) mass is 342 g/mol. The molecule has 0 radical (unpaired) electrons. The quantitative estimate of drug-likeness (QED) is 0.902. The predicted octanol–water partition coefficient (Wildman–Crippen LogP) is 1.93. The summed E-state index contributed by atoms with van der Waals surface area (Å²) in [4.78, 5) is 30.8. The molecule has 1 aromatic heterocycles. The zero-order valence-corrected chi connectivity index (χ0v) is 13.7. The van der Waals surface area contributed by atoms with Gasteiger partial charge in [0, 0.05) is 31.5 Å². The molecule has 2 heterocycles. The first kappa shape index (κ1) is 15.8. The molecular weight excluding hydrogens is 323 g/mol. The van der Waals surface area contributed by atoms with E-state index in [9.17, 15) is 14.0 Å². The zero-order valence-electron chi connectivity index (χ0n) is 13.7. The Morgan fingerprint density at radius 2 is 1.92 bits per heavy atom. The van der Waals surface area contributed by atoms with Gasteiger partial charge in [0.1, 0.15) is 11.9 Å². The third-order valence-electron chi connectivity index (χ3n) is 4.70. The molecule has 2 fully saturated rings. The summed E-state index contributed by atoms with van der Waals surface area (Å²) >= 11 is 0. The van der Waals surface area contributed by atoms with Gasteiger partial charge in [-0.25, -0.2) is 9.37 Å². The van der Waals surface area contributed by atoms with Crippen molar-refractivity contribution in [1.82, 2.24) is 14.5 Å². The normalized spacial score (nSPS) is 20.1. The summed E-state index contributed by atoms with van der Waals surface area (Å²) in [6.45, 7) is 1.03. The van der Waals surface area contributed by atoms with Crippen LogP contribution in [0.4, 0.5) is 10.2 Å². The molecule has 7 heteroatoms. The lowest BCUT2D eigenvalue weighted by Crippen LogP contribution is -2.35. The summed E-state index contributed by atoms with van der Waals surface area (Å²) in [5, 5.41) is 3.01. The Morgan fingerprint density at radius 3 is 2.64 bits per heavy atom. The lowest BCUT2D eigenvalue weighted by atomic mass is 10.2. The molecule has 1 aliphatic carbocycles. The lowest BCUT2D eigenvalue weighted by molar-refractivity contribution is -0.128. The number of carbonyl (C=O) groups excluding carboxylic acids is 1. The molecule has 4 rings (SSSR count). The van der Waals surface area contributed by atoms with Gasteiger partial charge < -0.3 is 14.8 Å². The summed E-state index contributed by atoms with van der Waals surface area (Å²) in [5.74, 6) is -0.123. The van der Waals surface area contributed by atoms with E-state index >= 15 is 0 Å². The second-order valence-corrected chi connectivity index (χ2v) is 6.59. The largest absolute Gasteiger partial charge is 0.354 e. The molecule has 1 saturated carbocycles. The number of halogens is 1. The van der Waals surface area contributed by atoms with Crippen molar-refractivity contribution in [2.45, 2.75) is 37.9 Å². The maximum atomic E-state index is 13.0. The SMILES string of the molecule is O=C1C(Nc2nccn(C3CC3)c2=O)CCN1Cc1ccc(F)cc1. The fraction of sp³-hybridized carbons (Fsp3) is 0.389. The highest BCUT2D eigenvalue weighted by atomic mass is 19.1. The van der Waals surface area contributed by atoms with E-state index in [2.05, 4.69) is 10.3 Å². The summed E-state index contributed by atoms with van der Waals surface area (Å²) in [5.41, 5.74) is 0.708. The van der Waals surface area contributed by atoms with Gasteiger partial charge in [-0.05, 0) is 37.0 Å². The maximum Gasteiger partial charge on any atom is 0.293 e. The average molecular weight is 342 g/mol. The number of hydrogen-bond donors (Lipinski definition) is 1. The fourth-order valence-electron chi connectivity index (χ4n) is 3.17. The Labute approximate surface area is 144 Å². The zero-order chi connectivity index (χ0) is 17.4. The van der Waals surface area contributed by atoms with Crippen LogP contribution in [0.2, 0.25) is 0 Å². The van der Waals surface area contributed by atoms with E-state index in [-0.39, 0.29) is 29.1 Å². The molecule has 1 atom stereocenters. The van der Waals surface area contributed by atoms with E-state index in [4.69, 9.17) is 0 Å². The van der Waals surface area contributed by atoms with Crippen molar-refractivity contribution in [2.75, 3.05) is 11.9 Å². The third kappa shape index (κ3) is 3.26. The van der Waals surface area contributed by atoms with E-state index in [0.717, 1.165) is 18.4 Å². The van der Waals surface area contributed by atoms with Gasteiger partial charge in [0.15, 0.2) is 5.82 Å². The van der Waals surface area contributed by atoms with E-state index in [1.165, 1.54) is 12.1 Å². The molecule has 6 nitrogen and oxygen atoms in total. The molecule has 1 N–H and O–H groups in total. The number of carbonyl (C=O) groups is 1. The number of nitrogens with one attached hydrogen (secondary N) is 1. The topological polar surface area (TPSA) is 67.2 Å². The summed E-state index contributed by atoms with van der Waals surface area (Å²) < 4.78 is 14.7. The molecule has 1 amide bonds. The van der Waals surface area contributed by atoms with Crippen LogP contribution in [0.1, 0.15) is 30.9 Å². The van der Waals surface area contributed by atoms with Gasteiger partial charge in [0.25, 0.3) is 5.56 Å². The first-order valence-electron chi connectivity index (χ1n) is 8.49. The van der Waals surface area contributed by atoms with Gasteiger partial charge in [-0.15, -0.1) is 0 Å². The van der Waals surface area contributed by atoms with E-state index < -0.39 is 6.04 Å². The van der Waals surface area contributed by atoms with Crippen LogP contribution in [0.5, 0.6) is 0 Å². The smallest absolute Gasteiger partial charge is 0.293 e. The van der Waals surface area contributed by atoms with Gasteiger partial charge in [0.2, 0.25) is 5.91 Å². The molecule has 1 saturated heterocycles. The molecule has 1 aliphatic heterocycles. The van der Waals surface area contributed by atoms with Crippen LogP contribution in [-0.4, -0.2) is 32.9 Å². The molecule has 2 aliphatic rings. The molecule has 130 valence electrons. The summed E-state index contributed by atoms with van der Waals surface area (Å²) in [7, 11) is 0. The molecule has 1 aromatic carbocycles. The summed E-state index contributed by atoms with van der Waals surface area (Å²) in [6, 6.07) is 5.95. The summed E-state index contributed by atoms with van der Waals surface area (Å²) in [6.07, 6.45) is 5.92. The highest BCUT2D eigenvalue weighted by Crippen LogP contribution is 2.33. The van der Waals surface area contributed by atoms with Crippen molar-refractivity contribution < 1.29 is 9.18 Å². The van der Waals surface area contributed by atoms with Gasteiger partial charge in [0.05, 0.1) is 0 Å². The molecule has 0 spiro atoms. The number of aromatic nitrogens is 2. The van der Waals surface area contributed by atoms with E-state index in [1.54, 1.807) is 34.0 Å². The predicted molar refractivity (Wildman–Crippen MR) is 90.6 cm³/mol. The van der Waals surface area contributed by atoms with Crippen molar-refractivity contribution in [3.63, 3.8) is 0 Å². The highest BCUT2D eigenvalue weighted by molar-refractivity contribution is 5.86. The van der Waals surface area contributed by atoms with Crippen molar-refractivity contribution in [2.24, 2.45) is 0 Å². The number of hydrogen-bond acceptors (Lipinski definition) is 4. The Bertz CT molecular complexity index is 845. The van der Waals surface area contributed by atoms with Crippen LogP contribution >= 0.6 is 0 Å². The number of nitrogens with zero attached hydrogens (tertiary/aromatic N) is 3. The molecular formula is C18H19FN4O2.